The summed E-state index contributed by atoms with van der Waals surface area (Å²) in [5.41, 5.74) is -2.12. The number of alkyl halides is 3. The predicted octanol–water partition coefficient (Wildman–Crippen LogP) is 4.15. The van der Waals surface area contributed by atoms with Gasteiger partial charge in [0.2, 0.25) is 0 Å². The summed E-state index contributed by atoms with van der Waals surface area (Å²) in [7, 11) is 0. The maximum atomic E-state index is 13.8. The highest BCUT2D eigenvalue weighted by atomic mass is 35.5. The number of amides is 1. The van der Waals surface area contributed by atoms with Crippen LogP contribution in [0.5, 0.6) is 0 Å². The zero-order valence-corrected chi connectivity index (χ0v) is 11.0. The van der Waals surface area contributed by atoms with E-state index < -0.39 is 29.2 Å². The minimum atomic E-state index is -4.85. The first-order valence-corrected chi connectivity index (χ1v) is 5.96. The van der Waals surface area contributed by atoms with E-state index in [4.69, 9.17) is 11.6 Å². The number of aromatic nitrogens is 1. The molecule has 0 saturated carbocycles. The van der Waals surface area contributed by atoms with E-state index in [2.05, 4.69) is 4.98 Å². The van der Waals surface area contributed by atoms with E-state index in [9.17, 15) is 22.4 Å². The lowest BCUT2D eigenvalue weighted by molar-refractivity contribution is -0.139. The number of hydrogen-bond acceptors (Lipinski definition) is 2. The highest BCUT2D eigenvalue weighted by Crippen LogP contribution is 2.34. The molecule has 0 aliphatic heterocycles. The van der Waals surface area contributed by atoms with Crippen molar-refractivity contribution in [3.8, 4) is 0 Å². The van der Waals surface area contributed by atoms with Gasteiger partial charge in [0.05, 0.1) is 16.8 Å². The molecular formula is C13H7ClF4N2O. The topological polar surface area (TPSA) is 42.0 Å². The second kappa shape index (κ2) is 5.69. The molecule has 2 aromatic rings. The minimum absolute atomic E-state index is 0.0732. The second-order valence-electron chi connectivity index (χ2n) is 3.96. The van der Waals surface area contributed by atoms with Crippen molar-refractivity contribution >= 4 is 23.2 Å². The number of carbonyl (C=O) groups is 1. The molecule has 0 aliphatic carbocycles. The van der Waals surface area contributed by atoms with Crippen LogP contribution in [0, 0.1) is 5.82 Å². The van der Waals surface area contributed by atoms with Crippen LogP contribution in [-0.4, -0.2) is 10.9 Å². The van der Waals surface area contributed by atoms with E-state index in [0.717, 1.165) is 12.1 Å². The van der Waals surface area contributed by atoms with Gasteiger partial charge < -0.3 is 5.32 Å². The molecule has 1 aromatic heterocycles. The lowest BCUT2D eigenvalue weighted by Gasteiger charge is -2.12. The molecule has 1 N–H and O–H groups in total. The standard InChI is InChI=1S/C13H7ClF4N2O/c14-11-7(3-2-6-19-11)12(21)20-9-5-1-4-8(10(9)15)13(16,17)18/h1-6H,(H,20,21). The smallest absolute Gasteiger partial charge is 0.319 e. The maximum absolute atomic E-state index is 13.8. The van der Waals surface area contributed by atoms with Crippen LogP contribution in [0.15, 0.2) is 36.5 Å². The zero-order valence-electron chi connectivity index (χ0n) is 10.2. The molecule has 0 aliphatic rings. The molecule has 0 spiro atoms. The van der Waals surface area contributed by atoms with Gasteiger partial charge in [0.25, 0.3) is 5.91 Å². The Balaban J connectivity index is 2.33. The summed E-state index contributed by atoms with van der Waals surface area (Å²) in [5, 5.41) is 1.90. The van der Waals surface area contributed by atoms with Crippen molar-refractivity contribution in [1.29, 1.82) is 0 Å². The maximum Gasteiger partial charge on any atom is 0.419 e. The molecule has 1 aromatic carbocycles. The predicted molar refractivity (Wildman–Crippen MR) is 68.6 cm³/mol. The Morgan fingerprint density at radius 2 is 1.90 bits per heavy atom. The van der Waals surface area contributed by atoms with E-state index in [1.807, 2.05) is 5.32 Å². The summed E-state index contributed by atoms with van der Waals surface area (Å²) in [6.07, 6.45) is -3.51. The highest BCUT2D eigenvalue weighted by molar-refractivity contribution is 6.33. The summed E-state index contributed by atoms with van der Waals surface area (Å²) >= 11 is 5.68. The van der Waals surface area contributed by atoms with E-state index in [-0.39, 0.29) is 10.7 Å². The van der Waals surface area contributed by atoms with E-state index in [0.29, 0.717) is 6.07 Å². The average Bonchev–Trinajstić information content (AvgIpc) is 2.40. The van der Waals surface area contributed by atoms with Crippen molar-refractivity contribution in [1.82, 2.24) is 4.98 Å². The van der Waals surface area contributed by atoms with Crippen LogP contribution in [0.2, 0.25) is 5.15 Å². The lowest BCUT2D eigenvalue weighted by Crippen LogP contribution is -2.16. The molecule has 0 unspecified atom stereocenters. The van der Waals surface area contributed by atoms with E-state index in [1.165, 1.54) is 18.3 Å². The first-order chi connectivity index (χ1) is 9.80. The third-order valence-electron chi connectivity index (χ3n) is 2.56. The Hall–Kier alpha value is -2.15. The Morgan fingerprint density at radius 3 is 2.52 bits per heavy atom. The van der Waals surface area contributed by atoms with Gasteiger partial charge in [-0.2, -0.15) is 13.2 Å². The molecule has 8 heteroatoms. The van der Waals surface area contributed by atoms with Gasteiger partial charge in [-0.15, -0.1) is 0 Å². The van der Waals surface area contributed by atoms with Gasteiger partial charge in [0, 0.05) is 6.20 Å². The largest absolute Gasteiger partial charge is 0.419 e. The monoisotopic (exact) mass is 318 g/mol. The summed E-state index contributed by atoms with van der Waals surface area (Å²) in [5.74, 6) is -2.41. The molecule has 3 nitrogen and oxygen atoms in total. The van der Waals surface area contributed by atoms with Crippen molar-refractivity contribution < 1.29 is 22.4 Å². The van der Waals surface area contributed by atoms with Gasteiger partial charge in [-0.3, -0.25) is 4.79 Å². The quantitative estimate of drug-likeness (QED) is 0.668. The number of anilines is 1. The first kappa shape index (κ1) is 15.2. The summed E-state index contributed by atoms with van der Waals surface area (Å²) in [4.78, 5) is 15.5. The van der Waals surface area contributed by atoms with Crippen molar-refractivity contribution in [2.75, 3.05) is 5.32 Å². The average molecular weight is 319 g/mol. The molecule has 0 saturated heterocycles. The van der Waals surface area contributed by atoms with Crippen molar-refractivity contribution in [3.05, 3.63) is 58.6 Å². The van der Waals surface area contributed by atoms with Crippen LogP contribution in [0.4, 0.5) is 23.2 Å². The number of halogens is 5. The van der Waals surface area contributed by atoms with Crippen LogP contribution in [0.3, 0.4) is 0 Å². The SMILES string of the molecule is O=C(Nc1cccc(C(F)(F)F)c1F)c1cccnc1Cl. The van der Waals surface area contributed by atoms with Gasteiger partial charge in [0.1, 0.15) is 5.15 Å². The van der Waals surface area contributed by atoms with Gasteiger partial charge in [0.15, 0.2) is 5.82 Å². The molecule has 0 radical (unpaired) electrons. The van der Waals surface area contributed by atoms with Crippen LogP contribution >= 0.6 is 11.6 Å². The summed E-state index contributed by atoms with van der Waals surface area (Å²) < 4.78 is 51.5. The van der Waals surface area contributed by atoms with E-state index >= 15 is 0 Å². The fraction of sp³-hybridized carbons (Fsp3) is 0.0769. The van der Waals surface area contributed by atoms with Crippen molar-refractivity contribution in [2.45, 2.75) is 6.18 Å². The normalized spacial score (nSPS) is 11.3. The second-order valence-corrected chi connectivity index (χ2v) is 4.32. The molecule has 110 valence electrons. The third-order valence-corrected chi connectivity index (χ3v) is 2.86. The first-order valence-electron chi connectivity index (χ1n) is 5.58. The van der Waals surface area contributed by atoms with Crippen LogP contribution in [-0.2, 0) is 6.18 Å². The van der Waals surface area contributed by atoms with Crippen LogP contribution < -0.4 is 5.32 Å². The van der Waals surface area contributed by atoms with E-state index in [1.54, 1.807) is 0 Å². The Morgan fingerprint density at radius 1 is 1.19 bits per heavy atom. The number of nitrogens with zero attached hydrogens (tertiary/aromatic N) is 1. The van der Waals surface area contributed by atoms with Crippen LogP contribution in [0.25, 0.3) is 0 Å². The molecule has 0 fully saturated rings. The summed E-state index contributed by atoms with van der Waals surface area (Å²) in [6.45, 7) is 0. The van der Waals surface area contributed by atoms with Crippen molar-refractivity contribution in [2.24, 2.45) is 0 Å². The Labute approximate surface area is 121 Å². The van der Waals surface area contributed by atoms with Crippen LogP contribution in [0.1, 0.15) is 15.9 Å². The number of pyridine rings is 1. The lowest BCUT2D eigenvalue weighted by atomic mass is 10.1. The number of benzene rings is 1. The highest BCUT2D eigenvalue weighted by Gasteiger charge is 2.35. The summed E-state index contributed by atoms with van der Waals surface area (Å²) in [6, 6.07) is 5.33. The Bertz CT molecular complexity index is 688. The van der Waals surface area contributed by atoms with Gasteiger partial charge >= 0.3 is 6.18 Å². The van der Waals surface area contributed by atoms with Crippen molar-refractivity contribution in [3.63, 3.8) is 0 Å². The molecule has 0 bridgehead atoms. The molecule has 2 rings (SSSR count). The molecular weight excluding hydrogens is 312 g/mol. The fourth-order valence-electron chi connectivity index (χ4n) is 1.59. The minimum Gasteiger partial charge on any atom is -0.319 e. The number of carbonyl (C=O) groups excluding carboxylic acids is 1. The number of rotatable bonds is 2. The van der Waals surface area contributed by atoms with Gasteiger partial charge in [-0.05, 0) is 24.3 Å². The molecule has 1 heterocycles. The fourth-order valence-corrected chi connectivity index (χ4v) is 1.80. The number of nitrogens with one attached hydrogen (secondary N) is 1. The third kappa shape index (κ3) is 3.30. The zero-order chi connectivity index (χ0) is 15.6. The van der Waals surface area contributed by atoms with Gasteiger partial charge in [-0.1, -0.05) is 17.7 Å². The molecule has 0 atom stereocenters. The van der Waals surface area contributed by atoms with Gasteiger partial charge in [-0.25, -0.2) is 9.37 Å². The molecule has 21 heavy (non-hydrogen) atoms. The number of hydrogen-bond donors (Lipinski definition) is 1. The molecule has 1 amide bonds. The Kier molecular flexibility index (Phi) is 4.13.